The number of nitrogens with one attached hydrogen (secondary N) is 1. The van der Waals surface area contributed by atoms with Gasteiger partial charge in [-0.05, 0) is 43.4 Å². The maximum atomic E-state index is 12.6. The zero-order chi connectivity index (χ0) is 19.1. The zero-order valence-corrected chi connectivity index (χ0v) is 16.4. The molecule has 1 saturated heterocycles. The fourth-order valence-electron chi connectivity index (χ4n) is 4.16. The van der Waals surface area contributed by atoms with Crippen molar-refractivity contribution in [3.63, 3.8) is 0 Å². The topological polar surface area (TPSA) is 58.6 Å². The lowest BCUT2D eigenvalue weighted by Crippen LogP contribution is -2.45. The van der Waals surface area contributed by atoms with Crippen LogP contribution in [0.1, 0.15) is 56.9 Å². The van der Waals surface area contributed by atoms with E-state index in [0.29, 0.717) is 25.6 Å². The number of methoxy groups -OCH3 is 1. The standard InChI is InChI=1S/C22H32N2O3/c1-27-20-10-8-17(9-11-20)16-21(25)24-14-12-18(13-15-24)22(26)23-19-6-4-2-3-5-7-19/h8-11,18-19H,2-7,12-16H2,1H3,(H,23,26). The molecule has 2 fully saturated rings. The largest absolute Gasteiger partial charge is 0.497 e. The van der Waals surface area contributed by atoms with Crippen LogP contribution in [0.2, 0.25) is 0 Å². The molecule has 5 heteroatoms. The molecule has 1 aliphatic heterocycles. The lowest BCUT2D eigenvalue weighted by Gasteiger charge is -2.32. The van der Waals surface area contributed by atoms with Gasteiger partial charge < -0.3 is 15.0 Å². The molecule has 0 spiro atoms. The Balaban J connectivity index is 1.43. The van der Waals surface area contributed by atoms with Crippen LogP contribution >= 0.6 is 0 Å². The molecule has 0 bridgehead atoms. The molecule has 3 rings (SSSR count). The van der Waals surface area contributed by atoms with E-state index in [1.165, 1.54) is 25.7 Å². The molecule has 5 nitrogen and oxygen atoms in total. The van der Waals surface area contributed by atoms with Gasteiger partial charge in [-0.2, -0.15) is 0 Å². The third kappa shape index (κ3) is 5.72. The van der Waals surface area contributed by atoms with Crippen molar-refractivity contribution in [2.45, 2.75) is 63.8 Å². The van der Waals surface area contributed by atoms with Crippen molar-refractivity contribution in [2.75, 3.05) is 20.2 Å². The second kappa shape index (κ2) is 9.77. The number of carbonyl (C=O) groups excluding carboxylic acids is 2. The van der Waals surface area contributed by atoms with Gasteiger partial charge in [-0.1, -0.05) is 37.8 Å². The SMILES string of the molecule is COc1ccc(CC(=O)N2CCC(C(=O)NC3CCCCCC3)CC2)cc1. The van der Waals surface area contributed by atoms with Gasteiger partial charge >= 0.3 is 0 Å². The molecule has 1 heterocycles. The summed E-state index contributed by atoms with van der Waals surface area (Å²) in [5.41, 5.74) is 0.994. The number of hydrogen-bond donors (Lipinski definition) is 1. The van der Waals surface area contributed by atoms with E-state index < -0.39 is 0 Å². The van der Waals surface area contributed by atoms with Gasteiger partial charge in [0.15, 0.2) is 0 Å². The van der Waals surface area contributed by atoms with Gasteiger partial charge in [-0.15, -0.1) is 0 Å². The number of benzene rings is 1. The summed E-state index contributed by atoms with van der Waals surface area (Å²) in [7, 11) is 1.64. The molecule has 148 valence electrons. The van der Waals surface area contributed by atoms with Crippen LogP contribution in [0.5, 0.6) is 5.75 Å². The van der Waals surface area contributed by atoms with Crippen LogP contribution in [0.4, 0.5) is 0 Å². The number of ether oxygens (including phenoxy) is 1. The average molecular weight is 373 g/mol. The number of amides is 2. The van der Waals surface area contributed by atoms with E-state index in [0.717, 1.165) is 37.0 Å². The lowest BCUT2D eigenvalue weighted by atomic mass is 9.94. The quantitative estimate of drug-likeness (QED) is 0.807. The molecule has 0 radical (unpaired) electrons. The van der Waals surface area contributed by atoms with Crippen LogP contribution in [0.25, 0.3) is 0 Å². The van der Waals surface area contributed by atoms with Crippen molar-refractivity contribution in [2.24, 2.45) is 5.92 Å². The van der Waals surface area contributed by atoms with Crippen LogP contribution in [0.15, 0.2) is 24.3 Å². The first kappa shape index (κ1) is 19.7. The highest BCUT2D eigenvalue weighted by Crippen LogP contribution is 2.22. The van der Waals surface area contributed by atoms with Gasteiger partial charge in [0.1, 0.15) is 5.75 Å². The van der Waals surface area contributed by atoms with E-state index in [4.69, 9.17) is 4.74 Å². The maximum Gasteiger partial charge on any atom is 0.226 e. The Kier molecular flexibility index (Phi) is 7.13. The van der Waals surface area contributed by atoms with Gasteiger partial charge in [0.05, 0.1) is 13.5 Å². The normalized spacial score (nSPS) is 19.4. The number of carbonyl (C=O) groups is 2. The average Bonchev–Trinajstić information content (AvgIpc) is 2.97. The molecule has 0 atom stereocenters. The first-order chi connectivity index (χ1) is 13.2. The summed E-state index contributed by atoms with van der Waals surface area (Å²) >= 11 is 0. The Morgan fingerprint density at radius 3 is 2.22 bits per heavy atom. The van der Waals surface area contributed by atoms with Crippen LogP contribution in [0.3, 0.4) is 0 Å². The number of nitrogens with zero attached hydrogens (tertiary/aromatic N) is 1. The number of likely N-dealkylation sites (tertiary alicyclic amines) is 1. The van der Waals surface area contributed by atoms with Gasteiger partial charge in [0, 0.05) is 25.0 Å². The van der Waals surface area contributed by atoms with E-state index in [1.54, 1.807) is 7.11 Å². The molecule has 0 aromatic heterocycles. The molecule has 1 aromatic carbocycles. The number of rotatable bonds is 5. The van der Waals surface area contributed by atoms with Gasteiger partial charge in [-0.25, -0.2) is 0 Å². The van der Waals surface area contributed by atoms with Crippen LogP contribution in [-0.4, -0.2) is 43.0 Å². The van der Waals surface area contributed by atoms with Crippen molar-refractivity contribution < 1.29 is 14.3 Å². The minimum atomic E-state index is 0.0540. The molecule has 2 aliphatic rings. The summed E-state index contributed by atoms with van der Waals surface area (Å²) < 4.78 is 5.15. The second-order valence-electron chi connectivity index (χ2n) is 7.88. The molecule has 1 N–H and O–H groups in total. The van der Waals surface area contributed by atoms with Crippen molar-refractivity contribution in [3.05, 3.63) is 29.8 Å². The fraction of sp³-hybridized carbons (Fsp3) is 0.636. The Labute approximate surface area is 162 Å². The highest BCUT2D eigenvalue weighted by Gasteiger charge is 2.28. The summed E-state index contributed by atoms with van der Waals surface area (Å²) in [6.07, 6.45) is 9.22. The molecule has 1 aliphatic carbocycles. The van der Waals surface area contributed by atoms with Crippen LogP contribution in [0, 0.1) is 5.92 Å². The molecule has 2 amide bonds. The maximum absolute atomic E-state index is 12.6. The second-order valence-corrected chi connectivity index (χ2v) is 7.88. The summed E-state index contributed by atoms with van der Waals surface area (Å²) in [6.45, 7) is 1.36. The minimum Gasteiger partial charge on any atom is -0.497 e. The Bertz CT molecular complexity index is 613. The molecule has 1 saturated carbocycles. The first-order valence-corrected chi connectivity index (χ1v) is 10.4. The third-order valence-electron chi connectivity index (χ3n) is 5.93. The van der Waals surface area contributed by atoms with Crippen molar-refractivity contribution in [1.29, 1.82) is 0 Å². The lowest BCUT2D eigenvalue weighted by molar-refractivity contribution is -0.135. The summed E-state index contributed by atoms with van der Waals surface area (Å²) in [6, 6.07) is 7.99. The van der Waals surface area contributed by atoms with Gasteiger partial charge in [0.2, 0.25) is 11.8 Å². The van der Waals surface area contributed by atoms with Crippen molar-refractivity contribution in [3.8, 4) is 5.75 Å². The van der Waals surface area contributed by atoms with E-state index in [-0.39, 0.29) is 17.7 Å². The summed E-state index contributed by atoms with van der Waals surface area (Å²) in [5, 5.41) is 3.27. The molecule has 0 unspecified atom stereocenters. The number of hydrogen-bond acceptors (Lipinski definition) is 3. The van der Waals surface area contributed by atoms with Gasteiger partial charge in [-0.3, -0.25) is 9.59 Å². The van der Waals surface area contributed by atoms with Crippen molar-refractivity contribution in [1.82, 2.24) is 10.2 Å². The Morgan fingerprint density at radius 2 is 1.63 bits per heavy atom. The zero-order valence-electron chi connectivity index (χ0n) is 16.4. The Hall–Kier alpha value is -2.04. The van der Waals surface area contributed by atoms with Crippen molar-refractivity contribution >= 4 is 11.8 Å². The van der Waals surface area contributed by atoms with E-state index in [1.807, 2.05) is 29.2 Å². The smallest absolute Gasteiger partial charge is 0.226 e. The van der Waals surface area contributed by atoms with Gasteiger partial charge in [0.25, 0.3) is 0 Å². The summed E-state index contributed by atoms with van der Waals surface area (Å²) in [4.78, 5) is 27.0. The molecule has 1 aromatic rings. The highest BCUT2D eigenvalue weighted by atomic mass is 16.5. The number of piperidine rings is 1. The van der Waals surface area contributed by atoms with E-state index >= 15 is 0 Å². The van der Waals surface area contributed by atoms with Crippen LogP contribution < -0.4 is 10.1 Å². The highest BCUT2D eigenvalue weighted by molar-refractivity contribution is 5.81. The predicted octanol–water partition coefficient (Wildman–Crippen LogP) is 3.32. The minimum absolute atomic E-state index is 0.0540. The molecular weight excluding hydrogens is 340 g/mol. The Morgan fingerprint density at radius 1 is 1.00 bits per heavy atom. The molecule has 27 heavy (non-hydrogen) atoms. The predicted molar refractivity (Wildman–Crippen MR) is 106 cm³/mol. The fourth-order valence-corrected chi connectivity index (χ4v) is 4.16. The van der Waals surface area contributed by atoms with E-state index in [9.17, 15) is 9.59 Å². The van der Waals surface area contributed by atoms with Crippen LogP contribution in [-0.2, 0) is 16.0 Å². The monoisotopic (exact) mass is 372 g/mol. The summed E-state index contributed by atoms with van der Waals surface area (Å²) in [5.74, 6) is 1.19. The molecular formula is C22H32N2O3. The van der Waals surface area contributed by atoms with E-state index in [2.05, 4.69) is 5.32 Å². The first-order valence-electron chi connectivity index (χ1n) is 10.4. The third-order valence-corrected chi connectivity index (χ3v) is 5.93.